The molecule has 3 amide bonds. The number of aliphatic carboxylic acids is 1. The number of hydrogen-bond donors (Lipinski definition) is 8. The van der Waals surface area contributed by atoms with Crippen molar-refractivity contribution in [2.24, 2.45) is 28.1 Å². The number of rotatable bonds is 15. The molecule has 0 aliphatic rings. The van der Waals surface area contributed by atoms with Crippen molar-refractivity contribution in [2.75, 3.05) is 13.1 Å². The molecule has 0 saturated carbocycles. The highest BCUT2D eigenvalue weighted by Crippen LogP contribution is 2.11. The molecule has 11 N–H and O–H groups in total. The molecule has 1 aromatic rings. The van der Waals surface area contributed by atoms with Gasteiger partial charge in [-0.3, -0.25) is 19.4 Å². The fraction of sp³-hybridized carbons (Fsp3) is 0.522. The van der Waals surface area contributed by atoms with Crippen molar-refractivity contribution < 1.29 is 29.4 Å². The lowest BCUT2D eigenvalue weighted by molar-refractivity contribution is -0.141. The summed E-state index contributed by atoms with van der Waals surface area (Å²) in [7, 11) is 0. The summed E-state index contributed by atoms with van der Waals surface area (Å²) >= 11 is 0. The summed E-state index contributed by atoms with van der Waals surface area (Å²) in [6.45, 7) is 3.56. The van der Waals surface area contributed by atoms with Crippen molar-refractivity contribution >= 4 is 29.7 Å². The fourth-order valence-corrected chi connectivity index (χ4v) is 3.27. The van der Waals surface area contributed by atoms with Crippen molar-refractivity contribution in [3.8, 4) is 5.75 Å². The first-order valence-corrected chi connectivity index (χ1v) is 11.6. The second kappa shape index (κ2) is 15.2. The van der Waals surface area contributed by atoms with E-state index in [0.29, 0.717) is 18.4 Å². The van der Waals surface area contributed by atoms with Crippen LogP contribution in [0.5, 0.6) is 5.75 Å². The van der Waals surface area contributed by atoms with Gasteiger partial charge < -0.3 is 43.4 Å². The highest BCUT2D eigenvalue weighted by molar-refractivity contribution is 5.92. The van der Waals surface area contributed by atoms with E-state index in [1.54, 1.807) is 12.1 Å². The molecule has 0 aromatic heterocycles. The molecule has 0 saturated heterocycles. The molecular weight excluding hydrogens is 470 g/mol. The van der Waals surface area contributed by atoms with Crippen molar-refractivity contribution in [1.29, 1.82) is 0 Å². The Morgan fingerprint density at radius 2 is 1.64 bits per heavy atom. The quantitative estimate of drug-likeness (QED) is 0.0784. The molecule has 3 unspecified atom stereocenters. The largest absolute Gasteiger partial charge is 0.508 e. The number of carboxylic acids is 1. The number of carbonyl (C=O) groups excluding carboxylic acids is 3. The van der Waals surface area contributed by atoms with E-state index in [1.807, 2.05) is 13.8 Å². The van der Waals surface area contributed by atoms with Gasteiger partial charge >= 0.3 is 5.97 Å². The van der Waals surface area contributed by atoms with Crippen LogP contribution in [0.25, 0.3) is 0 Å². The van der Waals surface area contributed by atoms with Gasteiger partial charge in [0, 0.05) is 13.0 Å². The van der Waals surface area contributed by atoms with Crippen molar-refractivity contribution in [2.45, 2.75) is 57.7 Å². The third-order valence-electron chi connectivity index (χ3n) is 5.07. The SMILES string of the molecule is CC(C)CC(N)C(=O)NC(CCCN=C(N)N)C(=O)NCC(=O)NC(Cc1ccc(O)cc1)C(=O)O. The van der Waals surface area contributed by atoms with Gasteiger partial charge in [-0.25, -0.2) is 4.79 Å². The predicted octanol–water partition coefficient (Wildman–Crippen LogP) is -1.47. The van der Waals surface area contributed by atoms with E-state index in [0.717, 1.165) is 0 Å². The van der Waals surface area contributed by atoms with E-state index >= 15 is 0 Å². The van der Waals surface area contributed by atoms with Crippen LogP contribution in [-0.4, -0.2) is 71.1 Å². The number of nitrogens with two attached hydrogens (primary N) is 3. The summed E-state index contributed by atoms with van der Waals surface area (Å²) in [5.41, 5.74) is 17.1. The van der Waals surface area contributed by atoms with Gasteiger partial charge in [-0.05, 0) is 42.9 Å². The maximum absolute atomic E-state index is 12.7. The van der Waals surface area contributed by atoms with Crippen LogP contribution in [0.1, 0.15) is 38.7 Å². The van der Waals surface area contributed by atoms with Gasteiger partial charge in [0.15, 0.2) is 5.96 Å². The van der Waals surface area contributed by atoms with E-state index in [2.05, 4.69) is 20.9 Å². The Bertz CT molecular complexity index is 916. The lowest BCUT2D eigenvalue weighted by atomic mass is 10.0. The summed E-state index contributed by atoms with van der Waals surface area (Å²) in [5, 5.41) is 26.2. The molecule has 0 spiro atoms. The molecule has 0 heterocycles. The molecule has 0 fully saturated rings. The topological polar surface area (TPSA) is 235 Å². The van der Waals surface area contributed by atoms with Gasteiger partial charge in [0.05, 0.1) is 12.6 Å². The van der Waals surface area contributed by atoms with E-state index < -0.39 is 48.4 Å². The number of hydrogen-bond acceptors (Lipinski definition) is 7. The smallest absolute Gasteiger partial charge is 0.326 e. The molecule has 36 heavy (non-hydrogen) atoms. The number of nitrogens with zero attached hydrogens (tertiary/aromatic N) is 1. The zero-order valence-electron chi connectivity index (χ0n) is 20.6. The number of carboxylic acid groups (broad SMARTS) is 1. The fourth-order valence-electron chi connectivity index (χ4n) is 3.27. The van der Waals surface area contributed by atoms with Crippen molar-refractivity contribution in [1.82, 2.24) is 16.0 Å². The zero-order chi connectivity index (χ0) is 27.3. The van der Waals surface area contributed by atoms with Crippen LogP contribution in [-0.2, 0) is 25.6 Å². The Balaban J connectivity index is 2.73. The average molecular weight is 508 g/mol. The Hall–Kier alpha value is -3.87. The normalized spacial score (nSPS) is 13.2. The number of guanidine groups is 1. The molecule has 0 aliphatic heterocycles. The van der Waals surface area contributed by atoms with Gasteiger partial charge in [-0.2, -0.15) is 0 Å². The van der Waals surface area contributed by atoms with E-state index in [9.17, 15) is 29.4 Å². The van der Waals surface area contributed by atoms with Gasteiger partial charge in [-0.1, -0.05) is 26.0 Å². The monoisotopic (exact) mass is 507 g/mol. The van der Waals surface area contributed by atoms with Crippen LogP contribution in [0.15, 0.2) is 29.3 Å². The predicted molar refractivity (Wildman–Crippen MR) is 134 cm³/mol. The van der Waals surface area contributed by atoms with Crippen molar-refractivity contribution in [3.05, 3.63) is 29.8 Å². The van der Waals surface area contributed by atoms with E-state index in [-0.39, 0.29) is 37.0 Å². The first kappa shape index (κ1) is 30.2. The molecule has 0 aliphatic carbocycles. The Morgan fingerprint density at radius 1 is 1.00 bits per heavy atom. The molecule has 13 heteroatoms. The average Bonchev–Trinajstić information content (AvgIpc) is 2.79. The van der Waals surface area contributed by atoms with Crippen LogP contribution in [0.3, 0.4) is 0 Å². The van der Waals surface area contributed by atoms with Crippen LogP contribution >= 0.6 is 0 Å². The van der Waals surface area contributed by atoms with Gasteiger partial charge in [0.1, 0.15) is 17.8 Å². The van der Waals surface area contributed by atoms with Crippen LogP contribution in [0.4, 0.5) is 0 Å². The molecule has 13 nitrogen and oxygen atoms in total. The van der Waals surface area contributed by atoms with Gasteiger partial charge in [0.2, 0.25) is 17.7 Å². The summed E-state index contributed by atoms with van der Waals surface area (Å²) in [6, 6.07) is 2.85. The van der Waals surface area contributed by atoms with Gasteiger partial charge in [0.25, 0.3) is 0 Å². The third kappa shape index (κ3) is 12.0. The minimum atomic E-state index is -1.26. The van der Waals surface area contributed by atoms with Crippen LogP contribution in [0.2, 0.25) is 0 Å². The van der Waals surface area contributed by atoms with Crippen LogP contribution in [0, 0.1) is 5.92 Å². The Morgan fingerprint density at radius 3 is 2.19 bits per heavy atom. The maximum atomic E-state index is 12.7. The standard InChI is InChI=1S/C23H37N7O6/c1-13(2)10-16(24)20(33)30-17(4-3-9-27-23(25)26)21(34)28-12-19(32)29-18(22(35)36)11-14-5-7-15(31)8-6-14/h5-8,13,16-18,31H,3-4,9-12,24H2,1-2H3,(H,28,34)(H,29,32)(H,30,33)(H,35,36)(H4,25,26,27). The number of phenolic OH excluding ortho intramolecular Hbond substituents is 1. The summed E-state index contributed by atoms with van der Waals surface area (Å²) in [5.74, 6) is -3.02. The molecule has 0 radical (unpaired) electrons. The maximum Gasteiger partial charge on any atom is 0.326 e. The second-order valence-electron chi connectivity index (χ2n) is 8.79. The lowest BCUT2D eigenvalue weighted by Crippen LogP contribution is -2.53. The first-order chi connectivity index (χ1) is 16.9. The molecule has 0 bridgehead atoms. The first-order valence-electron chi connectivity index (χ1n) is 11.6. The molecular formula is C23H37N7O6. The number of nitrogens with one attached hydrogen (secondary N) is 3. The van der Waals surface area contributed by atoms with Gasteiger partial charge in [-0.15, -0.1) is 0 Å². The van der Waals surface area contributed by atoms with E-state index in [1.165, 1.54) is 12.1 Å². The minimum absolute atomic E-state index is 0.0213. The van der Waals surface area contributed by atoms with Crippen molar-refractivity contribution in [3.63, 3.8) is 0 Å². The molecule has 1 rings (SSSR count). The Labute approximate surface area is 209 Å². The second-order valence-corrected chi connectivity index (χ2v) is 8.79. The number of aliphatic imine (C=N–C) groups is 1. The minimum Gasteiger partial charge on any atom is -0.508 e. The number of amides is 3. The van der Waals surface area contributed by atoms with E-state index in [4.69, 9.17) is 17.2 Å². The van der Waals surface area contributed by atoms with Crippen LogP contribution < -0.4 is 33.2 Å². The lowest BCUT2D eigenvalue weighted by Gasteiger charge is -2.21. The zero-order valence-corrected chi connectivity index (χ0v) is 20.6. The number of phenols is 1. The molecule has 200 valence electrons. The highest BCUT2D eigenvalue weighted by Gasteiger charge is 2.25. The number of benzene rings is 1. The Kier molecular flexibility index (Phi) is 12.7. The summed E-state index contributed by atoms with van der Waals surface area (Å²) < 4.78 is 0. The number of aromatic hydroxyl groups is 1. The number of carbonyl (C=O) groups is 4. The summed E-state index contributed by atoms with van der Waals surface area (Å²) in [6.07, 6.45) is 0.958. The molecule has 1 aromatic carbocycles. The highest BCUT2D eigenvalue weighted by atomic mass is 16.4. The molecule has 3 atom stereocenters. The summed E-state index contributed by atoms with van der Waals surface area (Å²) in [4.78, 5) is 52.9. The third-order valence-corrected chi connectivity index (χ3v) is 5.07.